The lowest BCUT2D eigenvalue weighted by Crippen LogP contribution is -2.36. The van der Waals surface area contributed by atoms with E-state index in [0.717, 1.165) is 17.7 Å². The molecule has 6 nitrogen and oxygen atoms in total. The molecule has 0 bridgehead atoms. The molecule has 0 fully saturated rings. The van der Waals surface area contributed by atoms with Crippen LogP contribution in [0.2, 0.25) is 0 Å². The van der Waals surface area contributed by atoms with E-state index in [2.05, 4.69) is 5.32 Å². The predicted octanol–water partition coefficient (Wildman–Crippen LogP) is 2.61. The molecule has 0 saturated heterocycles. The standard InChI is InChI=1S/C18H19F3N2O4/c19-18(20,21)12-7-4-8-13(22)15(12)16(25)14(24)9-23-17(26)27-10-11-5-2-1-3-6-11/h1-8,14,16,24-25H,9-10,22H2,(H,23,26). The zero-order valence-corrected chi connectivity index (χ0v) is 14.1. The lowest BCUT2D eigenvalue weighted by atomic mass is 9.96. The van der Waals surface area contributed by atoms with E-state index in [1.807, 2.05) is 0 Å². The van der Waals surface area contributed by atoms with E-state index in [1.165, 1.54) is 6.07 Å². The van der Waals surface area contributed by atoms with Crippen molar-refractivity contribution in [2.24, 2.45) is 0 Å². The van der Waals surface area contributed by atoms with Crippen molar-refractivity contribution in [2.45, 2.75) is 25.0 Å². The number of nitrogens with one attached hydrogen (secondary N) is 1. The highest BCUT2D eigenvalue weighted by molar-refractivity contribution is 5.67. The number of hydrogen-bond donors (Lipinski definition) is 4. The van der Waals surface area contributed by atoms with Crippen molar-refractivity contribution in [1.29, 1.82) is 0 Å². The summed E-state index contributed by atoms with van der Waals surface area (Å²) < 4.78 is 44.2. The summed E-state index contributed by atoms with van der Waals surface area (Å²) in [5.41, 5.74) is 4.17. The summed E-state index contributed by atoms with van der Waals surface area (Å²) in [5.74, 6) is 0. The Kier molecular flexibility index (Phi) is 6.65. The number of carbonyl (C=O) groups is 1. The number of halogens is 3. The monoisotopic (exact) mass is 384 g/mol. The van der Waals surface area contributed by atoms with Crippen LogP contribution in [0.5, 0.6) is 0 Å². The smallest absolute Gasteiger partial charge is 0.416 e. The van der Waals surface area contributed by atoms with Crippen LogP contribution in [0.1, 0.15) is 22.8 Å². The first kappa shape index (κ1) is 20.5. The summed E-state index contributed by atoms with van der Waals surface area (Å²) in [6, 6.07) is 11.8. The Balaban J connectivity index is 1.96. The number of ether oxygens (including phenoxy) is 1. The van der Waals surface area contributed by atoms with E-state index in [-0.39, 0.29) is 12.3 Å². The van der Waals surface area contributed by atoms with E-state index in [1.54, 1.807) is 30.3 Å². The number of carbonyl (C=O) groups excluding carboxylic acids is 1. The molecule has 0 saturated carbocycles. The number of aliphatic hydroxyl groups is 2. The maximum Gasteiger partial charge on any atom is 0.416 e. The van der Waals surface area contributed by atoms with Crippen molar-refractivity contribution in [3.8, 4) is 0 Å². The molecule has 5 N–H and O–H groups in total. The summed E-state index contributed by atoms with van der Waals surface area (Å²) in [5, 5.41) is 22.3. The summed E-state index contributed by atoms with van der Waals surface area (Å²) in [6.45, 7) is -0.546. The number of rotatable bonds is 6. The average Bonchev–Trinajstić information content (AvgIpc) is 2.63. The molecule has 2 rings (SSSR count). The molecule has 2 aromatic carbocycles. The van der Waals surface area contributed by atoms with E-state index in [0.29, 0.717) is 0 Å². The van der Waals surface area contributed by atoms with Gasteiger partial charge in [-0.15, -0.1) is 0 Å². The molecule has 2 unspecified atom stereocenters. The molecule has 0 aliphatic heterocycles. The van der Waals surface area contributed by atoms with E-state index < -0.39 is 42.1 Å². The summed E-state index contributed by atoms with van der Waals surface area (Å²) >= 11 is 0. The zero-order valence-electron chi connectivity index (χ0n) is 14.1. The van der Waals surface area contributed by atoms with Gasteiger partial charge in [0.05, 0.1) is 5.56 Å². The largest absolute Gasteiger partial charge is 0.445 e. The van der Waals surface area contributed by atoms with Gasteiger partial charge in [-0.1, -0.05) is 36.4 Å². The summed E-state index contributed by atoms with van der Waals surface area (Å²) in [6.07, 6.45) is -9.31. The van der Waals surface area contributed by atoms with Gasteiger partial charge >= 0.3 is 12.3 Å². The van der Waals surface area contributed by atoms with Gasteiger partial charge in [0.2, 0.25) is 0 Å². The van der Waals surface area contributed by atoms with Crippen LogP contribution in [0.4, 0.5) is 23.7 Å². The molecule has 0 radical (unpaired) electrons. The van der Waals surface area contributed by atoms with Gasteiger partial charge in [-0.05, 0) is 17.7 Å². The molecule has 0 spiro atoms. The van der Waals surface area contributed by atoms with Crippen LogP contribution in [0.25, 0.3) is 0 Å². The zero-order chi connectivity index (χ0) is 20.0. The second-order valence-electron chi connectivity index (χ2n) is 5.76. The van der Waals surface area contributed by atoms with Crippen molar-refractivity contribution in [3.63, 3.8) is 0 Å². The minimum atomic E-state index is -4.76. The topological polar surface area (TPSA) is 105 Å². The number of alkyl halides is 3. The minimum absolute atomic E-state index is 0.0187. The number of anilines is 1. The molecule has 0 heterocycles. The number of hydrogen-bond acceptors (Lipinski definition) is 5. The van der Waals surface area contributed by atoms with Crippen LogP contribution in [0.3, 0.4) is 0 Å². The molecule has 2 aromatic rings. The van der Waals surface area contributed by atoms with Gasteiger partial charge in [-0.2, -0.15) is 13.2 Å². The van der Waals surface area contributed by atoms with Crippen LogP contribution < -0.4 is 11.1 Å². The third-order valence-electron chi connectivity index (χ3n) is 3.77. The molecule has 146 valence electrons. The Morgan fingerprint density at radius 1 is 1.11 bits per heavy atom. The molecular formula is C18H19F3N2O4. The van der Waals surface area contributed by atoms with Crippen molar-refractivity contribution >= 4 is 11.8 Å². The average molecular weight is 384 g/mol. The number of amides is 1. The fourth-order valence-electron chi connectivity index (χ4n) is 2.43. The first-order valence-corrected chi connectivity index (χ1v) is 7.96. The fraction of sp³-hybridized carbons (Fsp3) is 0.278. The van der Waals surface area contributed by atoms with Crippen LogP contribution in [0, 0.1) is 0 Å². The Morgan fingerprint density at radius 2 is 1.78 bits per heavy atom. The third-order valence-corrected chi connectivity index (χ3v) is 3.77. The van der Waals surface area contributed by atoms with Crippen LogP contribution in [-0.2, 0) is 17.5 Å². The number of nitrogens with two attached hydrogens (primary N) is 1. The number of aliphatic hydroxyl groups excluding tert-OH is 2. The molecule has 9 heteroatoms. The Hall–Kier alpha value is -2.78. The lowest BCUT2D eigenvalue weighted by molar-refractivity contribution is -0.139. The third kappa shape index (κ3) is 5.60. The summed E-state index contributed by atoms with van der Waals surface area (Å²) in [4.78, 5) is 11.6. The van der Waals surface area contributed by atoms with Gasteiger partial charge < -0.3 is 26.0 Å². The van der Waals surface area contributed by atoms with Crippen molar-refractivity contribution < 1.29 is 32.9 Å². The van der Waals surface area contributed by atoms with E-state index >= 15 is 0 Å². The molecule has 0 aromatic heterocycles. The maximum absolute atomic E-state index is 13.1. The quantitative estimate of drug-likeness (QED) is 0.573. The summed E-state index contributed by atoms with van der Waals surface area (Å²) in [7, 11) is 0. The molecule has 27 heavy (non-hydrogen) atoms. The van der Waals surface area contributed by atoms with E-state index in [9.17, 15) is 28.2 Å². The Morgan fingerprint density at radius 3 is 2.41 bits per heavy atom. The van der Waals surface area contributed by atoms with Gasteiger partial charge in [-0.3, -0.25) is 0 Å². The predicted molar refractivity (Wildman–Crippen MR) is 91.5 cm³/mol. The fourth-order valence-corrected chi connectivity index (χ4v) is 2.43. The van der Waals surface area contributed by atoms with Crippen molar-refractivity contribution in [3.05, 3.63) is 65.2 Å². The van der Waals surface area contributed by atoms with Gasteiger partial charge in [0.25, 0.3) is 0 Å². The lowest BCUT2D eigenvalue weighted by Gasteiger charge is -2.23. The van der Waals surface area contributed by atoms with Crippen LogP contribution >= 0.6 is 0 Å². The molecule has 0 aliphatic rings. The molecule has 2 atom stereocenters. The van der Waals surface area contributed by atoms with Crippen molar-refractivity contribution in [1.82, 2.24) is 5.32 Å². The first-order chi connectivity index (χ1) is 12.7. The maximum atomic E-state index is 13.1. The molecule has 1 amide bonds. The van der Waals surface area contributed by atoms with Gasteiger partial charge in [0.1, 0.15) is 18.8 Å². The molecular weight excluding hydrogens is 365 g/mol. The second-order valence-corrected chi connectivity index (χ2v) is 5.76. The molecule has 0 aliphatic carbocycles. The number of nitrogen functional groups attached to an aromatic ring is 1. The number of alkyl carbamates (subject to hydrolysis) is 1. The van der Waals surface area contributed by atoms with Crippen LogP contribution in [-0.4, -0.2) is 29.0 Å². The highest BCUT2D eigenvalue weighted by atomic mass is 19.4. The van der Waals surface area contributed by atoms with Gasteiger partial charge in [-0.25, -0.2) is 4.79 Å². The highest BCUT2D eigenvalue weighted by Gasteiger charge is 2.37. The second kappa shape index (κ2) is 8.74. The first-order valence-electron chi connectivity index (χ1n) is 7.96. The van der Waals surface area contributed by atoms with Gasteiger partial charge in [0.15, 0.2) is 0 Å². The van der Waals surface area contributed by atoms with Crippen LogP contribution in [0.15, 0.2) is 48.5 Å². The van der Waals surface area contributed by atoms with Gasteiger partial charge in [0, 0.05) is 17.8 Å². The van der Waals surface area contributed by atoms with Crippen molar-refractivity contribution in [2.75, 3.05) is 12.3 Å². The Bertz CT molecular complexity index is 769. The normalized spacial score (nSPS) is 13.7. The SMILES string of the molecule is Nc1cccc(C(F)(F)F)c1C(O)C(O)CNC(=O)OCc1ccccc1. The highest BCUT2D eigenvalue weighted by Crippen LogP contribution is 2.38. The minimum Gasteiger partial charge on any atom is -0.445 e. The number of benzene rings is 2. The van der Waals surface area contributed by atoms with E-state index in [4.69, 9.17) is 10.5 Å². The Labute approximate surface area is 153 Å².